The molecule has 1 N–H and O–H groups in total. The molecule has 0 saturated carbocycles. The maximum absolute atomic E-state index is 12.3. The molecule has 1 saturated heterocycles. The lowest BCUT2D eigenvalue weighted by Gasteiger charge is -2.34. The molecule has 0 radical (unpaired) electrons. The number of hydrogen-bond acceptors (Lipinski definition) is 7. The predicted molar refractivity (Wildman–Crippen MR) is 96.4 cm³/mol. The fraction of sp³-hybridized carbons (Fsp3) is 0.412. The number of carboxylic acid groups (broad SMARTS) is 1. The summed E-state index contributed by atoms with van der Waals surface area (Å²) < 4.78 is -1.73. The molecule has 1 aromatic carbocycles. The smallest absolute Gasteiger partial charge is 0.373 e. The van der Waals surface area contributed by atoms with E-state index >= 15 is 0 Å². The third kappa shape index (κ3) is 4.63. The normalized spacial score (nSPS) is 18.0. The van der Waals surface area contributed by atoms with Crippen LogP contribution in [0, 0.1) is 11.3 Å². The van der Waals surface area contributed by atoms with Crippen molar-refractivity contribution < 1.29 is 19.5 Å². The highest BCUT2D eigenvalue weighted by molar-refractivity contribution is 8.17. The Balaban J connectivity index is 2.21. The van der Waals surface area contributed by atoms with Crippen molar-refractivity contribution >= 4 is 41.6 Å². The van der Waals surface area contributed by atoms with Gasteiger partial charge in [0.1, 0.15) is 6.04 Å². The molecule has 0 spiro atoms. The standard InChI is InChI=1S/C17H18N2O4S2/c18-10-17(11-20,25-12-24-13-6-2-1-3-7-13)15(14(21)16(22)23)19-8-4-5-9-19/h1-3,6-7,11,15H,4-5,8-9,12H2,(H,22,23). The summed E-state index contributed by atoms with van der Waals surface area (Å²) in [6, 6.07) is 10.1. The molecule has 8 heteroatoms. The van der Waals surface area contributed by atoms with Gasteiger partial charge in [-0.3, -0.25) is 9.69 Å². The molecule has 1 aromatic rings. The average Bonchev–Trinajstić information content (AvgIpc) is 3.15. The summed E-state index contributed by atoms with van der Waals surface area (Å²) in [5, 5.41) is 19.2. The summed E-state index contributed by atoms with van der Waals surface area (Å²) >= 11 is 2.45. The SMILES string of the molecule is N#CC(C=O)(SCSc1ccccc1)C(C(=O)C(=O)O)N1CCCC1. The fourth-order valence-electron chi connectivity index (χ4n) is 2.76. The Morgan fingerprint density at radius 3 is 2.48 bits per heavy atom. The van der Waals surface area contributed by atoms with Crippen molar-refractivity contribution in [3.63, 3.8) is 0 Å². The fourth-order valence-corrected chi connectivity index (χ4v) is 5.21. The third-order valence-electron chi connectivity index (χ3n) is 3.99. The third-order valence-corrected chi connectivity index (χ3v) is 6.42. The van der Waals surface area contributed by atoms with Crippen LogP contribution >= 0.6 is 23.5 Å². The molecule has 2 unspecified atom stereocenters. The topological polar surface area (TPSA) is 98.5 Å². The van der Waals surface area contributed by atoms with Crippen LogP contribution in [-0.4, -0.2) is 57.0 Å². The Morgan fingerprint density at radius 1 is 1.32 bits per heavy atom. The van der Waals surface area contributed by atoms with Crippen LogP contribution in [0.2, 0.25) is 0 Å². The maximum Gasteiger partial charge on any atom is 0.373 e. The molecular weight excluding hydrogens is 360 g/mol. The quantitative estimate of drug-likeness (QED) is 0.302. The number of nitriles is 1. The first-order chi connectivity index (χ1) is 12.0. The molecule has 25 heavy (non-hydrogen) atoms. The molecule has 1 heterocycles. The minimum atomic E-state index is -1.73. The van der Waals surface area contributed by atoms with Gasteiger partial charge in [0.05, 0.1) is 6.07 Å². The van der Waals surface area contributed by atoms with Crippen LogP contribution in [0.4, 0.5) is 0 Å². The number of carbonyl (C=O) groups excluding carboxylic acids is 2. The molecule has 0 amide bonds. The minimum absolute atomic E-state index is 0.355. The van der Waals surface area contributed by atoms with Crippen LogP contribution in [0.3, 0.4) is 0 Å². The molecule has 1 aliphatic heterocycles. The number of hydrogen-bond donors (Lipinski definition) is 1. The molecule has 6 nitrogen and oxygen atoms in total. The second kappa shape index (κ2) is 9.04. The van der Waals surface area contributed by atoms with E-state index in [9.17, 15) is 19.6 Å². The zero-order chi connectivity index (χ0) is 18.3. The summed E-state index contributed by atoms with van der Waals surface area (Å²) in [4.78, 5) is 37.9. The lowest BCUT2D eigenvalue weighted by Crippen LogP contribution is -2.56. The Bertz CT molecular complexity index is 671. The number of Topliss-reactive ketones (excluding diaryl/α,β-unsaturated/α-hetero) is 1. The Hall–Kier alpha value is -1.82. The molecule has 1 fully saturated rings. The highest BCUT2D eigenvalue weighted by Crippen LogP contribution is 2.36. The first-order valence-electron chi connectivity index (χ1n) is 7.74. The van der Waals surface area contributed by atoms with Gasteiger partial charge < -0.3 is 9.90 Å². The van der Waals surface area contributed by atoms with E-state index in [1.54, 1.807) is 4.90 Å². The van der Waals surface area contributed by atoms with Gasteiger partial charge in [-0.2, -0.15) is 5.26 Å². The van der Waals surface area contributed by atoms with Gasteiger partial charge in [0.2, 0.25) is 0 Å². The second-order valence-corrected chi connectivity index (χ2v) is 8.22. The highest BCUT2D eigenvalue weighted by Gasteiger charge is 2.50. The van der Waals surface area contributed by atoms with Gasteiger partial charge in [-0.15, -0.1) is 23.5 Å². The van der Waals surface area contributed by atoms with Crippen LogP contribution in [0.15, 0.2) is 35.2 Å². The lowest BCUT2D eigenvalue weighted by atomic mass is 9.96. The number of aliphatic carboxylic acids is 1. The zero-order valence-corrected chi connectivity index (χ0v) is 15.1. The van der Waals surface area contributed by atoms with E-state index in [1.165, 1.54) is 11.8 Å². The number of carbonyl (C=O) groups is 3. The second-order valence-electron chi connectivity index (χ2n) is 5.56. The summed E-state index contributed by atoms with van der Waals surface area (Å²) in [5.41, 5.74) is 0. The molecule has 1 aliphatic rings. The van der Waals surface area contributed by atoms with Crippen molar-refractivity contribution in [3.8, 4) is 6.07 Å². The first kappa shape index (κ1) is 19.5. The predicted octanol–water partition coefficient (Wildman–Crippen LogP) is 2.05. The Morgan fingerprint density at radius 2 is 1.96 bits per heavy atom. The number of rotatable bonds is 9. The maximum atomic E-state index is 12.3. The number of benzene rings is 1. The van der Waals surface area contributed by atoms with Crippen molar-refractivity contribution in [2.75, 3.05) is 18.2 Å². The molecule has 0 aromatic heterocycles. The highest BCUT2D eigenvalue weighted by atomic mass is 32.2. The number of carboxylic acids is 1. The van der Waals surface area contributed by atoms with Gasteiger partial charge in [0.15, 0.2) is 11.0 Å². The average molecular weight is 378 g/mol. The van der Waals surface area contributed by atoms with Gasteiger partial charge in [0.25, 0.3) is 5.78 Å². The van der Waals surface area contributed by atoms with Crippen LogP contribution in [0.25, 0.3) is 0 Å². The van der Waals surface area contributed by atoms with Crippen molar-refractivity contribution in [1.29, 1.82) is 5.26 Å². The van der Waals surface area contributed by atoms with Crippen LogP contribution in [-0.2, 0) is 14.4 Å². The van der Waals surface area contributed by atoms with Gasteiger partial charge in [-0.05, 0) is 38.1 Å². The van der Waals surface area contributed by atoms with Crippen molar-refractivity contribution in [2.24, 2.45) is 0 Å². The number of nitrogens with zero attached hydrogens (tertiary/aromatic N) is 2. The van der Waals surface area contributed by atoms with E-state index in [-0.39, 0.29) is 0 Å². The van der Waals surface area contributed by atoms with Crippen LogP contribution in [0.1, 0.15) is 12.8 Å². The van der Waals surface area contributed by atoms with Crippen molar-refractivity contribution in [1.82, 2.24) is 4.90 Å². The Kier molecular flexibility index (Phi) is 7.05. The molecular formula is C17H18N2O4S2. The van der Waals surface area contributed by atoms with Gasteiger partial charge in [-0.1, -0.05) is 18.2 Å². The van der Waals surface area contributed by atoms with Gasteiger partial charge >= 0.3 is 5.97 Å². The minimum Gasteiger partial charge on any atom is -0.475 e. The summed E-state index contributed by atoms with van der Waals surface area (Å²) in [5.74, 6) is -2.72. The van der Waals surface area contributed by atoms with E-state index in [1.807, 2.05) is 36.4 Å². The summed E-state index contributed by atoms with van der Waals surface area (Å²) in [7, 11) is 0. The molecule has 2 atom stereocenters. The first-order valence-corrected chi connectivity index (χ1v) is 9.72. The monoisotopic (exact) mass is 378 g/mol. The van der Waals surface area contributed by atoms with Crippen LogP contribution in [0.5, 0.6) is 0 Å². The van der Waals surface area contributed by atoms with E-state index < -0.39 is 22.5 Å². The number of thioether (sulfide) groups is 2. The lowest BCUT2D eigenvalue weighted by molar-refractivity contribution is -0.152. The van der Waals surface area contributed by atoms with Crippen LogP contribution < -0.4 is 0 Å². The van der Waals surface area contributed by atoms with Crippen molar-refractivity contribution in [2.45, 2.75) is 28.5 Å². The number of aldehydes is 1. The summed E-state index contributed by atoms with van der Waals surface area (Å²) in [6.07, 6.45) is 2.05. The van der Waals surface area contributed by atoms with E-state index in [0.717, 1.165) is 29.5 Å². The summed E-state index contributed by atoms with van der Waals surface area (Å²) in [6.45, 7) is 1.01. The Labute approximate surface area is 154 Å². The van der Waals surface area contributed by atoms with Crippen molar-refractivity contribution in [3.05, 3.63) is 30.3 Å². The van der Waals surface area contributed by atoms with E-state index in [0.29, 0.717) is 24.5 Å². The van der Waals surface area contributed by atoms with Gasteiger partial charge in [0, 0.05) is 9.98 Å². The van der Waals surface area contributed by atoms with E-state index in [2.05, 4.69) is 0 Å². The number of likely N-dealkylation sites (tertiary alicyclic amines) is 1. The zero-order valence-electron chi connectivity index (χ0n) is 13.5. The number of ketones is 1. The molecule has 2 rings (SSSR count). The largest absolute Gasteiger partial charge is 0.475 e. The molecule has 0 bridgehead atoms. The molecule has 132 valence electrons. The molecule has 0 aliphatic carbocycles. The van der Waals surface area contributed by atoms with Gasteiger partial charge in [-0.25, -0.2) is 4.79 Å². The van der Waals surface area contributed by atoms with E-state index in [4.69, 9.17) is 5.11 Å².